The van der Waals surface area contributed by atoms with Crippen molar-refractivity contribution in [1.82, 2.24) is 0 Å². The zero-order valence-electron chi connectivity index (χ0n) is 10.2. The fourth-order valence-corrected chi connectivity index (χ4v) is 1.66. The van der Waals surface area contributed by atoms with E-state index in [1.807, 2.05) is 0 Å². The summed E-state index contributed by atoms with van der Waals surface area (Å²) in [7, 11) is 0. The molecule has 2 atom stereocenters. The Hall–Kier alpha value is -0.780. The highest BCUT2D eigenvalue weighted by Crippen LogP contribution is 2.42. The molecule has 1 fully saturated rings. The second-order valence-electron chi connectivity index (χ2n) is 5.46. The first-order valence-electron chi connectivity index (χ1n) is 5.57. The first-order chi connectivity index (χ1) is 7.52. The molecule has 0 spiro atoms. The van der Waals surface area contributed by atoms with Gasteiger partial charge in [0.1, 0.15) is 11.6 Å². The topological polar surface area (TPSA) is 52.3 Å². The molecule has 0 bridgehead atoms. The van der Waals surface area contributed by atoms with Gasteiger partial charge in [0.15, 0.2) is 0 Å². The minimum absolute atomic E-state index is 0.290. The van der Waals surface area contributed by atoms with Crippen molar-refractivity contribution in [2.75, 3.05) is 0 Å². The molecule has 0 saturated heterocycles. The van der Waals surface area contributed by atoms with E-state index < -0.39 is 29.7 Å². The monoisotopic (exact) mass is 253 g/mol. The first-order valence-corrected chi connectivity index (χ1v) is 5.57. The van der Waals surface area contributed by atoms with Crippen LogP contribution >= 0.6 is 0 Å². The highest BCUT2D eigenvalue weighted by molar-refractivity contribution is 5.74. The Morgan fingerprint density at radius 1 is 1.29 bits per heavy atom. The molecule has 100 valence electrons. The van der Waals surface area contributed by atoms with Gasteiger partial charge in [0.05, 0.1) is 5.92 Å². The normalized spacial score (nSPS) is 20.9. The number of nitrogens with two attached hydrogens (primary N) is 1. The molecular weight excluding hydrogens is 235 g/mol. The molecule has 1 aliphatic rings. The maximum Gasteiger partial charge on any atom is 0.404 e. The number of hydrogen-bond donors (Lipinski definition) is 1. The lowest BCUT2D eigenvalue weighted by Gasteiger charge is -2.28. The zero-order valence-corrected chi connectivity index (χ0v) is 10.2. The van der Waals surface area contributed by atoms with Crippen molar-refractivity contribution in [1.29, 1.82) is 0 Å². The third-order valence-corrected chi connectivity index (χ3v) is 2.57. The van der Waals surface area contributed by atoms with E-state index in [-0.39, 0.29) is 5.92 Å². The molecule has 0 unspecified atom stereocenters. The third kappa shape index (κ3) is 4.18. The molecule has 2 N–H and O–H groups in total. The van der Waals surface area contributed by atoms with Gasteiger partial charge in [-0.2, -0.15) is 13.2 Å². The summed E-state index contributed by atoms with van der Waals surface area (Å²) in [5, 5.41) is 0. The lowest BCUT2D eigenvalue weighted by molar-refractivity contribution is -0.184. The third-order valence-electron chi connectivity index (χ3n) is 2.57. The second-order valence-corrected chi connectivity index (χ2v) is 5.46. The fraction of sp³-hybridized carbons (Fsp3) is 0.909. The molecule has 0 aromatic carbocycles. The van der Waals surface area contributed by atoms with E-state index in [0.717, 1.165) is 0 Å². The van der Waals surface area contributed by atoms with Crippen molar-refractivity contribution < 1.29 is 22.7 Å². The Kier molecular flexibility index (Phi) is 3.76. The number of esters is 1. The number of carbonyl (C=O) groups is 1. The maximum atomic E-state index is 12.5. The molecule has 0 amide bonds. The number of rotatable bonds is 3. The van der Waals surface area contributed by atoms with Crippen LogP contribution in [0, 0.1) is 11.8 Å². The van der Waals surface area contributed by atoms with E-state index in [0.29, 0.717) is 12.8 Å². The van der Waals surface area contributed by atoms with E-state index in [1.165, 1.54) is 0 Å². The Labute approximate surface area is 98.5 Å². The van der Waals surface area contributed by atoms with E-state index in [4.69, 9.17) is 10.5 Å². The number of ether oxygens (including phenoxy) is 1. The van der Waals surface area contributed by atoms with Gasteiger partial charge in [-0.1, -0.05) is 0 Å². The Balaban J connectivity index is 2.76. The van der Waals surface area contributed by atoms with Crippen molar-refractivity contribution in [2.45, 2.75) is 51.4 Å². The van der Waals surface area contributed by atoms with Crippen molar-refractivity contribution in [3.8, 4) is 0 Å². The highest BCUT2D eigenvalue weighted by Gasteiger charge is 2.52. The Bertz CT molecular complexity index is 292. The zero-order chi connectivity index (χ0) is 13.4. The van der Waals surface area contributed by atoms with Gasteiger partial charge in [0, 0.05) is 0 Å². The summed E-state index contributed by atoms with van der Waals surface area (Å²) in [5.41, 5.74) is 4.33. The van der Waals surface area contributed by atoms with Crippen LogP contribution in [0.5, 0.6) is 0 Å². The average molecular weight is 253 g/mol. The van der Waals surface area contributed by atoms with Gasteiger partial charge in [-0.25, -0.2) is 0 Å². The molecule has 0 aromatic rings. The summed E-state index contributed by atoms with van der Waals surface area (Å²) in [6.45, 7) is 4.86. The molecule has 0 aliphatic heterocycles. The summed E-state index contributed by atoms with van der Waals surface area (Å²) >= 11 is 0. The lowest BCUT2D eigenvalue weighted by Crippen LogP contribution is -2.49. The van der Waals surface area contributed by atoms with Crippen LogP contribution in [0.25, 0.3) is 0 Å². The van der Waals surface area contributed by atoms with Gasteiger partial charge < -0.3 is 10.5 Å². The van der Waals surface area contributed by atoms with Crippen LogP contribution in [0.1, 0.15) is 33.6 Å². The van der Waals surface area contributed by atoms with Crippen LogP contribution in [-0.4, -0.2) is 23.8 Å². The SMILES string of the molecule is CC(C)(C)OC(=O)[C@@H](C1CC1)[C@H](N)C(F)(F)F. The van der Waals surface area contributed by atoms with Crippen LogP contribution in [0.2, 0.25) is 0 Å². The summed E-state index contributed by atoms with van der Waals surface area (Å²) in [5.74, 6) is -2.40. The van der Waals surface area contributed by atoms with Crippen molar-refractivity contribution in [2.24, 2.45) is 17.6 Å². The van der Waals surface area contributed by atoms with Crippen molar-refractivity contribution in [3.05, 3.63) is 0 Å². The van der Waals surface area contributed by atoms with Gasteiger partial charge in [-0.15, -0.1) is 0 Å². The molecule has 1 rings (SSSR count). The van der Waals surface area contributed by atoms with Crippen LogP contribution < -0.4 is 5.73 Å². The van der Waals surface area contributed by atoms with Crippen LogP contribution in [0.4, 0.5) is 13.2 Å². The summed E-state index contributed by atoms with van der Waals surface area (Å²) in [4.78, 5) is 11.7. The first kappa shape index (κ1) is 14.3. The lowest BCUT2D eigenvalue weighted by atomic mass is 9.94. The predicted molar refractivity (Wildman–Crippen MR) is 56.1 cm³/mol. The summed E-state index contributed by atoms with van der Waals surface area (Å²) in [6.07, 6.45) is -3.36. The van der Waals surface area contributed by atoms with E-state index in [2.05, 4.69) is 0 Å². The summed E-state index contributed by atoms with van der Waals surface area (Å²) in [6, 6.07) is -2.13. The molecule has 17 heavy (non-hydrogen) atoms. The van der Waals surface area contributed by atoms with Crippen molar-refractivity contribution in [3.63, 3.8) is 0 Å². The van der Waals surface area contributed by atoms with Crippen LogP contribution in [0.15, 0.2) is 0 Å². The minimum atomic E-state index is -4.57. The van der Waals surface area contributed by atoms with Gasteiger partial charge in [0.2, 0.25) is 0 Å². The molecule has 1 saturated carbocycles. The van der Waals surface area contributed by atoms with Gasteiger partial charge >= 0.3 is 12.1 Å². The summed E-state index contributed by atoms with van der Waals surface area (Å²) < 4.78 is 42.6. The quantitative estimate of drug-likeness (QED) is 0.785. The largest absolute Gasteiger partial charge is 0.460 e. The van der Waals surface area contributed by atoms with Gasteiger partial charge in [-0.05, 0) is 39.5 Å². The molecule has 0 heterocycles. The molecule has 0 radical (unpaired) electrons. The highest BCUT2D eigenvalue weighted by atomic mass is 19.4. The van der Waals surface area contributed by atoms with Crippen molar-refractivity contribution >= 4 is 5.97 Å². The average Bonchev–Trinajstić information content (AvgIpc) is 2.82. The number of carbonyl (C=O) groups excluding carboxylic acids is 1. The smallest absolute Gasteiger partial charge is 0.404 e. The van der Waals surface area contributed by atoms with E-state index >= 15 is 0 Å². The standard InChI is InChI=1S/C11H18F3NO2/c1-10(2,3)17-9(16)7(6-4-5-6)8(15)11(12,13)14/h6-8H,4-5,15H2,1-3H3/t7-,8-/m0/s1. The van der Waals surface area contributed by atoms with Crippen LogP contribution in [0.3, 0.4) is 0 Å². The van der Waals surface area contributed by atoms with Crippen LogP contribution in [-0.2, 0) is 9.53 Å². The van der Waals surface area contributed by atoms with Gasteiger partial charge in [-0.3, -0.25) is 4.79 Å². The number of alkyl halides is 3. The second kappa shape index (κ2) is 4.48. The maximum absolute atomic E-state index is 12.5. The minimum Gasteiger partial charge on any atom is -0.460 e. The molecular formula is C11H18F3NO2. The predicted octanol–water partition coefficient (Wildman–Crippen LogP) is 2.24. The molecule has 1 aliphatic carbocycles. The Morgan fingerprint density at radius 3 is 2.06 bits per heavy atom. The number of halogens is 3. The van der Waals surface area contributed by atoms with Gasteiger partial charge in [0.25, 0.3) is 0 Å². The molecule has 6 heteroatoms. The fourth-order valence-electron chi connectivity index (χ4n) is 1.66. The molecule has 0 aromatic heterocycles. The molecule has 3 nitrogen and oxygen atoms in total. The van der Waals surface area contributed by atoms with E-state index in [9.17, 15) is 18.0 Å². The number of hydrogen-bond acceptors (Lipinski definition) is 3. The Morgan fingerprint density at radius 2 is 1.76 bits per heavy atom. The van der Waals surface area contributed by atoms with E-state index in [1.54, 1.807) is 20.8 Å².